The Labute approximate surface area is 186 Å². The summed E-state index contributed by atoms with van der Waals surface area (Å²) < 4.78 is 5.31. The molecule has 2 heterocycles. The topological polar surface area (TPSA) is 77.5 Å². The third kappa shape index (κ3) is 8.50. The van der Waals surface area contributed by atoms with Gasteiger partial charge in [0.25, 0.3) is 0 Å². The molecule has 0 unspecified atom stereocenters. The monoisotopic (exact) mass is 509 g/mol. The number of aliphatic imine (C=N–C) groups is 1. The molecule has 8 nitrogen and oxygen atoms in total. The van der Waals surface area contributed by atoms with E-state index in [2.05, 4.69) is 20.1 Å². The molecule has 2 fully saturated rings. The van der Waals surface area contributed by atoms with Crippen LogP contribution in [0.2, 0.25) is 0 Å². The number of ether oxygens (including phenoxy) is 1. The van der Waals surface area contributed by atoms with Gasteiger partial charge in [0.15, 0.2) is 5.96 Å². The maximum Gasteiger partial charge on any atom is 0.325 e. The van der Waals surface area contributed by atoms with Crippen LogP contribution in [0, 0.1) is 0 Å². The zero-order valence-electron chi connectivity index (χ0n) is 17.7. The Bertz CT molecular complexity index is 536. The maximum absolute atomic E-state index is 12.4. The minimum Gasteiger partial charge on any atom is -0.459 e. The van der Waals surface area contributed by atoms with Gasteiger partial charge in [0.1, 0.15) is 12.1 Å². The van der Waals surface area contributed by atoms with Crippen LogP contribution in [-0.2, 0) is 14.3 Å². The smallest absolute Gasteiger partial charge is 0.325 e. The summed E-state index contributed by atoms with van der Waals surface area (Å²) in [5, 5.41) is 3.08. The van der Waals surface area contributed by atoms with E-state index in [1.165, 1.54) is 6.42 Å². The Morgan fingerprint density at radius 1 is 0.964 bits per heavy atom. The molecule has 2 saturated heterocycles. The molecule has 9 heteroatoms. The first-order chi connectivity index (χ1) is 12.8. The predicted molar refractivity (Wildman–Crippen MR) is 121 cm³/mol. The number of piperidine rings is 1. The molecule has 1 amide bonds. The number of carbonyl (C=O) groups excluding carboxylic acids is 2. The molecule has 0 atom stereocenters. The van der Waals surface area contributed by atoms with Gasteiger partial charge in [-0.3, -0.25) is 19.5 Å². The Morgan fingerprint density at radius 3 is 2.11 bits per heavy atom. The van der Waals surface area contributed by atoms with Gasteiger partial charge in [-0.2, -0.15) is 0 Å². The SMILES string of the molecule is CN=C(NCC(=O)OC(C)(C)C)N1CCN(CC(=O)N2CCCCC2)CC1.I. The predicted octanol–water partition coefficient (Wildman–Crippen LogP) is 1.15. The molecule has 162 valence electrons. The average Bonchev–Trinajstić information content (AvgIpc) is 2.62. The van der Waals surface area contributed by atoms with Crippen LogP contribution < -0.4 is 5.32 Å². The van der Waals surface area contributed by atoms with Crippen LogP contribution in [0.3, 0.4) is 0 Å². The van der Waals surface area contributed by atoms with E-state index >= 15 is 0 Å². The van der Waals surface area contributed by atoms with Crippen LogP contribution in [-0.4, -0.2) is 97.5 Å². The number of amides is 1. The number of halogens is 1. The molecule has 1 N–H and O–H groups in total. The van der Waals surface area contributed by atoms with E-state index in [4.69, 9.17) is 4.74 Å². The fourth-order valence-electron chi connectivity index (χ4n) is 3.41. The average molecular weight is 509 g/mol. The van der Waals surface area contributed by atoms with E-state index < -0.39 is 5.60 Å². The lowest BCUT2D eigenvalue weighted by Gasteiger charge is -2.37. The number of likely N-dealkylation sites (tertiary alicyclic amines) is 1. The molecule has 0 aromatic heterocycles. The van der Waals surface area contributed by atoms with Crippen molar-refractivity contribution in [3.8, 4) is 0 Å². The molecule has 0 radical (unpaired) electrons. The molecule has 2 aliphatic heterocycles. The number of rotatable bonds is 4. The minimum atomic E-state index is -0.491. The third-order valence-electron chi connectivity index (χ3n) is 4.76. The van der Waals surface area contributed by atoms with Crippen molar-refractivity contribution in [3.05, 3.63) is 0 Å². The van der Waals surface area contributed by atoms with Crippen molar-refractivity contribution in [1.82, 2.24) is 20.0 Å². The van der Waals surface area contributed by atoms with E-state index in [0.717, 1.165) is 52.1 Å². The van der Waals surface area contributed by atoms with E-state index in [-0.39, 0.29) is 42.4 Å². The van der Waals surface area contributed by atoms with Crippen LogP contribution in [0.15, 0.2) is 4.99 Å². The second-order valence-electron chi connectivity index (χ2n) is 8.19. The van der Waals surface area contributed by atoms with Crippen LogP contribution >= 0.6 is 24.0 Å². The molecule has 28 heavy (non-hydrogen) atoms. The summed E-state index contributed by atoms with van der Waals surface area (Å²) in [5.41, 5.74) is -0.491. The first-order valence-corrected chi connectivity index (χ1v) is 9.96. The first-order valence-electron chi connectivity index (χ1n) is 9.96. The van der Waals surface area contributed by atoms with Crippen molar-refractivity contribution >= 4 is 41.8 Å². The van der Waals surface area contributed by atoms with Crippen molar-refractivity contribution in [2.75, 3.05) is 59.4 Å². The Kier molecular flexibility index (Phi) is 10.5. The van der Waals surface area contributed by atoms with Crippen molar-refractivity contribution in [3.63, 3.8) is 0 Å². The molecule has 0 spiro atoms. The van der Waals surface area contributed by atoms with Gasteiger partial charge in [-0.25, -0.2) is 0 Å². The highest BCUT2D eigenvalue weighted by atomic mass is 127. The molecule has 0 saturated carbocycles. The van der Waals surface area contributed by atoms with Crippen LogP contribution in [0.25, 0.3) is 0 Å². The quantitative estimate of drug-likeness (QED) is 0.265. The number of esters is 1. The lowest BCUT2D eigenvalue weighted by molar-refractivity contribution is -0.153. The van der Waals surface area contributed by atoms with Gasteiger partial charge >= 0.3 is 5.97 Å². The van der Waals surface area contributed by atoms with Gasteiger partial charge in [0.2, 0.25) is 5.91 Å². The summed E-state index contributed by atoms with van der Waals surface area (Å²) in [6, 6.07) is 0. The highest BCUT2D eigenvalue weighted by Gasteiger charge is 2.24. The largest absolute Gasteiger partial charge is 0.459 e. The molecule has 0 aromatic rings. The van der Waals surface area contributed by atoms with E-state index in [1.54, 1.807) is 7.05 Å². The van der Waals surface area contributed by atoms with Gasteiger partial charge in [0.05, 0.1) is 6.54 Å². The van der Waals surface area contributed by atoms with E-state index in [9.17, 15) is 9.59 Å². The molecular weight excluding hydrogens is 473 g/mol. The molecule has 0 aliphatic carbocycles. The lowest BCUT2D eigenvalue weighted by Crippen LogP contribution is -2.55. The van der Waals surface area contributed by atoms with Crippen LogP contribution in [0.1, 0.15) is 40.0 Å². The fraction of sp³-hybridized carbons (Fsp3) is 0.842. The van der Waals surface area contributed by atoms with Gasteiger partial charge in [-0.15, -0.1) is 24.0 Å². The normalized spacial score (nSPS) is 19.1. The first kappa shape index (κ1) is 24.9. The van der Waals surface area contributed by atoms with Crippen LogP contribution in [0.4, 0.5) is 0 Å². The molecule has 2 rings (SSSR count). The van der Waals surface area contributed by atoms with Crippen molar-refractivity contribution in [2.45, 2.75) is 45.6 Å². The van der Waals surface area contributed by atoms with Gasteiger partial charge in [0, 0.05) is 46.3 Å². The fourth-order valence-corrected chi connectivity index (χ4v) is 3.41. The van der Waals surface area contributed by atoms with Gasteiger partial charge in [-0.1, -0.05) is 0 Å². The number of hydrogen-bond acceptors (Lipinski definition) is 5. The summed E-state index contributed by atoms with van der Waals surface area (Å²) in [6.45, 7) is 11.1. The standard InChI is InChI=1S/C19H35N5O3.HI/c1-19(2,3)27-17(26)14-21-18(20-4)24-12-10-22(11-13-24)15-16(25)23-8-6-5-7-9-23;/h5-15H2,1-4H3,(H,20,21);1H. The highest BCUT2D eigenvalue weighted by molar-refractivity contribution is 14.0. The summed E-state index contributed by atoms with van der Waals surface area (Å²) >= 11 is 0. The van der Waals surface area contributed by atoms with Crippen molar-refractivity contribution < 1.29 is 14.3 Å². The zero-order valence-corrected chi connectivity index (χ0v) is 20.0. The number of carbonyl (C=O) groups is 2. The summed E-state index contributed by atoms with van der Waals surface area (Å²) in [4.78, 5) is 34.9. The van der Waals surface area contributed by atoms with E-state index in [0.29, 0.717) is 12.5 Å². The number of hydrogen-bond donors (Lipinski definition) is 1. The Morgan fingerprint density at radius 2 is 1.57 bits per heavy atom. The minimum absolute atomic E-state index is 0. The van der Waals surface area contributed by atoms with E-state index in [1.807, 2.05) is 25.7 Å². The summed E-state index contributed by atoms with van der Waals surface area (Å²) in [7, 11) is 1.71. The molecule has 2 aliphatic rings. The second-order valence-corrected chi connectivity index (χ2v) is 8.19. The Balaban J connectivity index is 0.00000392. The molecule has 0 bridgehead atoms. The van der Waals surface area contributed by atoms with Crippen LogP contribution in [0.5, 0.6) is 0 Å². The highest BCUT2D eigenvalue weighted by Crippen LogP contribution is 2.10. The lowest BCUT2D eigenvalue weighted by atomic mass is 10.1. The summed E-state index contributed by atoms with van der Waals surface area (Å²) in [5.74, 6) is 0.646. The number of nitrogens with one attached hydrogen (secondary N) is 1. The van der Waals surface area contributed by atoms with Crippen molar-refractivity contribution in [1.29, 1.82) is 0 Å². The second kappa shape index (κ2) is 11.8. The number of piperazine rings is 1. The molecule has 0 aromatic carbocycles. The number of guanidine groups is 1. The Hall–Kier alpha value is -1.10. The van der Waals surface area contributed by atoms with Crippen molar-refractivity contribution in [2.24, 2.45) is 4.99 Å². The number of nitrogens with zero attached hydrogens (tertiary/aromatic N) is 4. The van der Waals surface area contributed by atoms with Gasteiger partial charge in [-0.05, 0) is 40.0 Å². The zero-order chi connectivity index (χ0) is 19.9. The third-order valence-corrected chi connectivity index (χ3v) is 4.76. The summed E-state index contributed by atoms with van der Waals surface area (Å²) in [6.07, 6.45) is 3.48. The maximum atomic E-state index is 12.4. The van der Waals surface area contributed by atoms with Gasteiger partial charge < -0.3 is 19.9 Å². The molecular formula is C19H36IN5O3.